The third-order valence-electron chi connectivity index (χ3n) is 5.25. The number of rotatable bonds is 4. The van der Waals surface area contributed by atoms with E-state index in [0.29, 0.717) is 12.6 Å². The molecule has 0 bridgehead atoms. The van der Waals surface area contributed by atoms with Crippen molar-refractivity contribution < 1.29 is 4.79 Å². The Labute approximate surface area is 152 Å². The number of piperazine rings is 1. The van der Waals surface area contributed by atoms with E-state index in [-0.39, 0.29) is 5.91 Å². The standard InChI is InChI=1S/C18H25N5OS/c24-16(21-14-4-2-1-3-5-14)12-22-7-9-23(10-8-22)17-15-6-11-25-18(15)20-13-19-17/h6,11,13-14H,1-5,7-10,12H2,(H,21,24). The molecule has 25 heavy (non-hydrogen) atoms. The lowest BCUT2D eigenvalue weighted by Crippen LogP contribution is -2.51. The number of amides is 1. The molecule has 1 aliphatic heterocycles. The summed E-state index contributed by atoms with van der Waals surface area (Å²) in [4.78, 5) is 26.7. The molecule has 3 heterocycles. The van der Waals surface area contributed by atoms with Gasteiger partial charge in [-0.1, -0.05) is 19.3 Å². The Bertz CT molecular complexity index is 719. The van der Waals surface area contributed by atoms with Crippen molar-refractivity contribution in [3.05, 3.63) is 17.8 Å². The number of carbonyl (C=O) groups is 1. The zero-order chi connectivity index (χ0) is 17.1. The number of thiophene rings is 1. The van der Waals surface area contributed by atoms with Gasteiger partial charge in [0.2, 0.25) is 5.91 Å². The quantitative estimate of drug-likeness (QED) is 0.907. The SMILES string of the molecule is O=C(CN1CCN(c2ncnc3sccc23)CC1)NC1CCCCC1. The highest BCUT2D eigenvalue weighted by Crippen LogP contribution is 2.27. The number of hydrogen-bond acceptors (Lipinski definition) is 6. The van der Waals surface area contributed by atoms with Crippen molar-refractivity contribution in [1.82, 2.24) is 20.2 Å². The molecule has 2 aromatic heterocycles. The summed E-state index contributed by atoms with van der Waals surface area (Å²) >= 11 is 1.65. The summed E-state index contributed by atoms with van der Waals surface area (Å²) in [5, 5.41) is 6.42. The van der Waals surface area contributed by atoms with Gasteiger partial charge in [0.1, 0.15) is 17.0 Å². The Morgan fingerprint density at radius 3 is 2.76 bits per heavy atom. The van der Waals surface area contributed by atoms with Crippen LogP contribution in [0.3, 0.4) is 0 Å². The normalized spacial score (nSPS) is 20.1. The molecule has 1 saturated carbocycles. The molecule has 6 nitrogen and oxygen atoms in total. The molecular weight excluding hydrogens is 334 g/mol. The van der Waals surface area contributed by atoms with Gasteiger partial charge in [-0.2, -0.15) is 0 Å². The van der Waals surface area contributed by atoms with Crippen LogP contribution in [0.5, 0.6) is 0 Å². The number of nitrogens with zero attached hydrogens (tertiary/aromatic N) is 4. The molecule has 0 unspecified atom stereocenters. The largest absolute Gasteiger partial charge is 0.353 e. The van der Waals surface area contributed by atoms with Crippen LogP contribution in [-0.2, 0) is 4.79 Å². The molecule has 1 saturated heterocycles. The van der Waals surface area contributed by atoms with Crippen LogP contribution in [0.4, 0.5) is 5.82 Å². The number of anilines is 1. The fourth-order valence-electron chi connectivity index (χ4n) is 3.87. The Morgan fingerprint density at radius 2 is 1.96 bits per heavy atom. The van der Waals surface area contributed by atoms with E-state index in [1.165, 1.54) is 19.3 Å². The van der Waals surface area contributed by atoms with E-state index >= 15 is 0 Å². The van der Waals surface area contributed by atoms with Crippen LogP contribution in [0.1, 0.15) is 32.1 Å². The minimum absolute atomic E-state index is 0.183. The first-order chi connectivity index (χ1) is 12.3. The maximum Gasteiger partial charge on any atom is 0.234 e. The summed E-state index contributed by atoms with van der Waals surface area (Å²) in [6.45, 7) is 4.11. The minimum atomic E-state index is 0.183. The second-order valence-electron chi connectivity index (χ2n) is 7.00. The molecule has 0 atom stereocenters. The number of hydrogen-bond donors (Lipinski definition) is 1. The molecular formula is C18H25N5OS. The highest BCUT2D eigenvalue weighted by Gasteiger charge is 2.23. The van der Waals surface area contributed by atoms with E-state index in [1.807, 2.05) is 0 Å². The van der Waals surface area contributed by atoms with Crippen molar-refractivity contribution in [3.8, 4) is 0 Å². The van der Waals surface area contributed by atoms with Crippen molar-refractivity contribution in [2.75, 3.05) is 37.6 Å². The second kappa shape index (κ2) is 7.66. The Kier molecular flexibility index (Phi) is 5.12. The van der Waals surface area contributed by atoms with Gasteiger partial charge in [0.25, 0.3) is 0 Å². The zero-order valence-corrected chi connectivity index (χ0v) is 15.3. The van der Waals surface area contributed by atoms with Crippen LogP contribution in [-0.4, -0.2) is 59.5 Å². The van der Waals surface area contributed by atoms with Crippen LogP contribution >= 0.6 is 11.3 Å². The van der Waals surface area contributed by atoms with Crippen molar-refractivity contribution in [1.29, 1.82) is 0 Å². The first-order valence-electron chi connectivity index (χ1n) is 9.24. The third kappa shape index (κ3) is 3.93. The van der Waals surface area contributed by atoms with Gasteiger partial charge < -0.3 is 10.2 Å². The summed E-state index contributed by atoms with van der Waals surface area (Å²) < 4.78 is 0. The zero-order valence-electron chi connectivity index (χ0n) is 14.5. The summed E-state index contributed by atoms with van der Waals surface area (Å²) in [5.74, 6) is 1.21. The lowest BCUT2D eigenvalue weighted by atomic mass is 9.95. The fourth-order valence-corrected chi connectivity index (χ4v) is 4.60. The summed E-state index contributed by atoms with van der Waals surface area (Å²) in [6.07, 6.45) is 7.75. The van der Waals surface area contributed by atoms with E-state index in [2.05, 4.69) is 36.5 Å². The predicted molar refractivity (Wildman–Crippen MR) is 101 cm³/mol. The molecule has 2 fully saturated rings. The van der Waals surface area contributed by atoms with Crippen LogP contribution < -0.4 is 10.2 Å². The molecule has 1 amide bonds. The highest BCUT2D eigenvalue weighted by molar-refractivity contribution is 7.16. The van der Waals surface area contributed by atoms with E-state index < -0.39 is 0 Å². The molecule has 2 aliphatic rings. The smallest absolute Gasteiger partial charge is 0.234 e. The van der Waals surface area contributed by atoms with Crippen LogP contribution in [0.2, 0.25) is 0 Å². The predicted octanol–water partition coefficient (Wildman–Crippen LogP) is 2.26. The van der Waals surface area contributed by atoms with Crippen molar-refractivity contribution in [2.45, 2.75) is 38.1 Å². The second-order valence-corrected chi connectivity index (χ2v) is 7.90. The van der Waals surface area contributed by atoms with E-state index in [9.17, 15) is 4.79 Å². The molecule has 1 aliphatic carbocycles. The lowest BCUT2D eigenvalue weighted by molar-refractivity contribution is -0.123. The van der Waals surface area contributed by atoms with Gasteiger partial charge in [0, 0.05) is 32.2 Å². The number of aromatic nitrogens is 2. The van der Waals surface area contributed by atoms with Gasteiger partial charge >= 0.3 is 0 Å². The van der Waals surface area contributed by atoms with Gasteiger partial charge in [-0.25, -0.2) is 9.97 Å². The van der Waals surface area contributed by atoms with Gasteiger partial charge in [0.15, 0.2) is 0 Å². The Hall–Kier alpha value is -1.73. The van der Waals surface area contributed by atoms with Crippen LogP contribution in [0.25, 0.3) is 10.2 Å². The molecule has 7 heteroatoms. The molecule has 4 rings (SSSR count). The van der Waals surface area contributed by atoms with Gasteiger partial charge in [0.05, 0.1) is 11.9 Å². The minimum Gasteiger partial charge on any atom is -0.353 e. The number of fused-ring (bicyclic) bond motifs is 1. The number of nitrogens with one attached hydrogen (secondary N) is 1. The van der Waals surface area contributed by atoms with E-state index in [1.54, 1.807) is 17.7 Å². The Balaban J connectivity index is 1.29. The van der Waals surface area contributed by atoms with Gasteiger partial charge in [-0.3, -0.25) is 9.69 Å². The average molecular weight is 359 g/mol. The highest BCUT2D eigenvalue weighted by atomic mass is 32.1. The lowest BCUT2D eigenvalue weighted by Gasteiger charge is -2.35. The summed E-state index contributed by atoms with van der Waals surface area (Å²) in [7, 11) is 0. The third-order valence-corrected chi connectivity index (χ3v) is 6.07. The van der Waals surface area contributed by atoms with Gasteiger partial charge in [-0.05, 0) is 24.3 Å². The van der Waals surface area contributed by atoms with E-state index in [4.69, 9.17) is 0 Å². The average Bonchev–Trinajstić information content (AvgIpc) is 3.12. The van der Waals surface area contributed by atoms with E-state index in [0.717, 1.165) is 55.1 Å². The van der Waals surface area contributed by atoms with Crippen molar-refractivity contribution >= 4 is 33.3 Å². The fraction of sp³-hybridized carbons (Fsp3) is 0.611. The maximum atomic E-state index is 12.3. The summed E-state index contributed by atoms with van der Waals surface area (Å²) in [5.41, 5.74) is 0. The molecule has 0 spiro atoms. The van der Waals surface area contributed by atoms with Crippen LogP contribution in [0.15, 0.2) is 17.8 Å². The van der Waals surface area contributed by atoms with Crippen LogP contribution in [0, 0.1) is 0 Å². The first kappa shape index (κ1) is 16.7. The molecule has 0 radical (unpaired) electrons. The number of carbonyl (C=O) groups excluding carboxylic acids is 1. The van der Waals surface area contributed by atoms with Gasteiger partial charge in [-0.15, -0.1) is 11.3 Å². The Morgan fingerprint density at radius 1 is 1.16 bits per heavy atom. The maximum absolute atomic E-state index is 12.3. The molecule has 134 valence electrons. The van der Waals surface area contributed by atoms with Crippen molar-refractivity contribution in [2.24, 2.45) is 0 Å². The first-order valence-corrected chi connectivity index (χ1v) is 10.1. The monoisotopic (exact) mass is 359 g/mol. The molecule has 1 N–H and O–H groups in total. The molecule has 0 aromatic carbocycles. The molecule has 2 aromatic rings. The van der Waals surface area contributed by atoms with Crippen molar-refractivity contribution in [3.63, 3.8) is 0 Å². The summed E-state index contributed by atoms with van der Waals surface area (Å²) in [6, 6.07) is 2.50. The topological polar surface area (TPSA) is 61.4 Å².